The van der Waals surface area contributed by atoms with Gasteiger partial charge in [0.25, 0.3) is 0 Å². The number of rotatable bonds is 0. The Bertz CT molecular complexity index is 237. The molecule has 1 aromatic rings. The van der Waals surface area contributed by atoms with Crippen LogP contribution in [0.1, 0.15) is 11.3 Å². The summed E-state index contributed by atoms with van der Waals surface area (Å²) in [5.41, 5.74) is 1.45. The Hall–Kier alpha value is -0.440. The average molecular weight is 204 g/mol. The summed E-state index contributed by atoms with van der Waals surface area (Å²) in [6, 6.07) is 1.71. The van der Waals surface area contributed by atoms with E-state index in [0.717, 1.165) is 5.69 Å². The Kier molecular flexibility index (Phi) is 2.04. The van der Waals surface area contributed by atoms with E-state index in [1.54, 1.807) is 13.0 Å². The quantitative estimate of drug-likeness (QED) is 0.592. The van der Waals surface area contributed by atoms with E-state index in [1.807, 2.05) is 6.92 Å². The molecule has 0 amide bonds. The molecule has 0 aliphatic carbocycles. The molecule has 0 aliphatic heterocycles. The van der Waals surface area contributed by atoms with Crippen molar-refractivity contribution in [2.45, 2.75) is 13.8 Å². The second kappa shape index (κ2) is 2.66. The largest absolute Gasteiger partial charge is 0.243 e. The van der Waals surface area contributed by atoms with Crippen molar-refractivity contribution in [2.75, 3.05) is 0 Å². The summed E-state index contributed by atoms with van der Waals surface area (Å²) in [6.45, 7) is 3.55. The second-order valence-corrected chi connectivity index (χ2v) is 2.94. The smallest absolute Gasteiger partial charge is 0.158 e. The number of halogens is 2. The monoisotopic (exact) mass is 203 g/mol. The van der Waals surface area contributed by atoms with Crippen LogP contribution in [0.15, 0.2) is 10.7 Å². The Morgan fingerprint density at radius 3 is 2.60 bits per heavy atom. The fourth-order valence-corrected chi connectivity index (χ4v) is 1.37. The van der Waals surface area contributed by atoms with Crippen molar-refractivity contribution in [3.63, 3.8) is 0 Å². The third kappa shape index (κ3) is 1.34. The van der Waals surface area contributed by atoms with Gasteiger partial charge in [-0.25, -0.2) is 9.37 Å². The van der Waals surface area contributed by atoms with Gasteiger partial charge >= 0.3 is 0 Å². The van der Waals surface area contributed by atoms with Crippen molar-refractivity contribution >= 4 is 15.9 Å². The van der Waals surface area contributed by atoms with Gasteiger partial charge in [0.1, 0.15) is 4.60 Å². The average Bonchev–Trinajstić information content (AvgIpc) is 1.82. The number of hydrogen-bond acceptors (Lipinski definition) is 1. The van der Waals surface area contributed by atoms with Crippen LogP contribution in [0, 0.1) is 19.7 Å². The van der Waals surface area contributed by atoms with Gasteiger partial charge in [-0.05, 0) is 41.4 Å². The molecule has 0 saturated heterocycles. The van der Waals surface area contributed by atoms with Gasteiger partial charge in [-0.1, -0.05) is 0 Å². The zero-order valence-electron chi connectivity index (χ0n) is 5.78. The third-order valence-electron chi connectivity index (χ3n) is 1.23. The van der Waals surface area contributed by atoms with Gasteiger partial charge < -0.3 is 0 Å². The molecular formula is C7H7BrFN. The Balaban J connectivity index is 3.31. The van der Waals surface area contributed by atoms with Crippen molar-refractivity contribution in [3.05, 3.63) is 27.7 Å². The summed E-state index contributed by atoms with van der Waals surface area (Å²) in [6.07, 6.45) is 0. The highest BCUT2D eigenvalue weighted by Gasteiger charge is 2.03. The van der Waals surface area contributed by atoms with Crippen LogP contribution in [0.5, 0.6) is 0 Å². The van der Waals surface area contributed by atoms with Gasteiger partial charge in [-0.3, -0.25) is 0 Å². The zero-order chi connectivity index (χ0) is 7.72. The molecule has 0 saturated carbocycles. The van der Waals surface area contributed by atoms with E-state index >= 15 is 0 Å². The highest BCUT2D eigenvalue weighted by molar-refractivity contribution is 9.10. The minimum Gasteiger partial charge on any atom is -0.243 e. The summed E-state index contributed by atoms with van der Waals surface area (Å²) in [7, 11) is 0. The third-order valence-corrected chi connectivity index (χ3v) is 1.75. The van der Waals surface area contributed by atoms with Crippen LogP contribution < -0.4 is 0 Å². The van der Waals surface area contributed by atoms with Gasteiger partial charge in [0.05, 0.1) is 0 Å². The van der Waals surface area contributed by atoms with E-state index in [9.17, 15) is 4.39 Å². The Morgan fingerprint density at radius 1 is 1.50 bits per heavy atom. The lowest BCUT2D eigenvalue weighted by molar-refractivity contribution is 0.602. The molecule has 0 aromatic carbocycles. The lowest BCUT2D eigenvalue weighted by atomic mass is 10.2. The fraction of sp³-hybridized carbons (Fsp3) is 0.286. The first-order valence-corrected chi connectivity index (χ1v) is 3.70. The summed E-state index contributed by atoms with van der Waals surface area (Å²) in [5.74, 6) is -0.273. The molecule has 54 valence electrons. The molecule has 0 fully saturated rings. The van der Waals surface area contributed by atoms with Crippen molar-refractivity contribution in [1.29, 1.82) is 0 Å². The number of aryl methyl sites for hydroxylation is 2. The van der Waals surface area contributed by atoms with E-state index in [-0.39, 0.29) is 5.82 Å². The van der Waals surface area contributed by atoms with Crippen LogP contribution in [0.4, 0.5) is 4.39 Å². The predicted molar refractivity (Wildman–Crippen MR) is 41.4 cm³/mol. The normalized spacial score (nSPS) is 10.0. The van der Waals surface area contributed by atoms with Gasteiger partial charge in [0.15, 0.2) is 5.82 Å². The van der Waals surface area contributed by atoms with E-state index in [4.69, 9.17) is 0 Å². The first-order valence-electron chi connectivity index (χ1n) is 2.90. The molecular weight excluding hydrogens is 197 g/mol. The molecule has 1 aromatic heterocycles. The standard InChI is InChI=1S/C7H7BrFN/c1-4-3-5(2)10-7(8)6(4)9/h3H,1-2H3. The van der Waals surface area contributed by atoms with Crippen LogP contribution >= 0.6 is 15.9 Å². The Morgan fingerprint density at radius 2 is 2.10 bits per heavy atom. The predicted octanol–water partition coefficient (Wildman–Crippen LogP) is 2.60. The number of pyridine rings is 1. The maximum Gasteiger partial charge on any atom is 0.158 e. The van der Waals surface area contributed by atoms with Crippen molar-refractivity contribution < 1.29 is 4.39 Å². The highest BCUT2D eigenvalue weighted by atomic mass is 79.9. The molecule has 10 heavy (non-hydrogen) atoms. The molecule has 3 heteroatoms. The van der Waals surface area contributed by atoms with Gasteiger partial charge in [-0.2, -0.15) is 0 Å². The number of nitrogens with zero attached hydrogens (tertiary/aromatic N) is 1. The minimum absolute atomic E-state index is 0.273. The molecule has 0 aliphatic rings. The van der Waals surface area contributed by atoms with Gasteiger partial charge in [0, 0.05) is 5.69 Å². The van der Waals surface area contributed by atoms with Crippen LogP contribution in [0.3, 0.4) is 0 Å². The van der Waals surface area contributed by atoms with Crippen LogP contribution in [-0.2, 0) is 0 Å². The van der Waals surface area contributed by atoms with Gasteiger partial charge in [-0.15, -0.1) is 0 Å². The summed E-state index contributed by atoms with van der Waals surface area (Å²) in [5, 5.41) is 0. The summed E-state index contributed by atoms with van der Waals surface area (Å²) >= 11 is 3.01. The zero-order valence-corrected chi connectivity index (χ0v) is 7.37. The lowest BCUT2D eigenvalue weighted by Crippen LogP contribution is -1.90. The molecule has 0 bridgehead atoms. The van der Waals surface area contributed by atoms with E-state index < -0.39 is 0 Å². The number of aromatic nitrogens is 1. The first-order chi connectivity index (χ1) is 4.61. The van der Waals surface area contributed by atoms with Crippen LogP contribution in [-0.4, -0.2) is 4.98 Å². The lowest BCUT2D eigenvalue weighted by Gasteiger charge is -1.98. The maximum absolute atomic E-state index is 12.8. The molecule has 0 spiro atoms. The highest BCUT2D eigenvalue weighted by Crippen LogP contribution is 2.16. The van der Waals surface area contributed by atoms with E-state index in [0.29, 0.717) is 10.2 Å². The molecule has 0 N–H and O–H groups in total. The molecule has 0 unspecified atom stereocenters. The molecule has 1 heterocycles. The summed E-state index contributed by atoms with van der Waals surface area (Å²) < 4.78 is 13.1. The summed E-state index contributed by atoms with van der Waals surface area (Å²) in [4.78, 5) is 3.88. The second-order valence-electron chi connectivity index (χ2n) is 2.19. The topological polar surface area (TPSA) is 12.9 Å². The molecule has 1 rings (SSSR count). The first kappa shape index (κ1) is 7.66. The van der Waals surface area contributed by atoms with Crippen molar-refractivity contribution in [2.24, 2.45) is 0 Å². The number of hydrogen-bond donors (Lipinski definition) is 0. The molecule has 0 atom stereocenters. The SMILES string of the molecule is Cc1cc(C)c(F)c(Br)n1. The Labute approximate surface area is 67.4 Å². The minimum atomic E-state index is -0.273. The molecule has 1 nitrogen and oxygen atoms in total. The van der Waals surface area contributed by atoms with E-state index in [2.05, 4.69) is 20.9 Å². The maximum atomic E-state index is 12.8. The van der Waals surface area contributed by atoms with E-state index in [1.165, 1.54) is 0 Å². The molecule has 0 radical (unpaired) electrons. The fourth-order valence-electron chi connectivity index (χ4n) is 0.776. The van der Waals surface area contributed by atoms with Crippen molar-refractivity contribution in [3.8, 4) is 0 Å². The van der Waals surface area contributed by atoms with Crippen LogP contribution in [0.2, 0.25) is 0 Å². The van der Waals surface area contributed by atoms with Crippen LogP contribution in [0.25, 0.3) is 0 Å². The van der Waals surface area contributed by atoms with Gasteiger partial charge in [0.2, 0.25) is 0 Å². The van der Waals surface area contributed by atoms with Crippen molar-refractivity contribution in [1.82, 2.24) is 4.98 Å².